The monoisotopic (exact) mass is 301 g/mol. The van der Waals surface area contributed by atoms with Gasteiger partial charge in [-0.1, -0.05) is 23.7 Å². The van der Waals surface area contributed by atoms with E-state index < -0.39 is 5.97 Å². The van der Waals surface area contributed by atoms with Crippen molar-refractivity contribution >= 4 is 28.7 Å². The molecule has 0 N–H and O–H groups in total. The minimum Gasteiger partial charge on any atom is -0.462 e. The maximum absolute atomic E-state index is 11.7. The number of nitrogens with zero attached hydrogens (tertiary/aromatic N) is 1. The van der Waals surface area contributed by atoms with Gasteiger partial charge in [-0.25, -0.2) is 9.78 Å². The molecule has 1 aromatic heterocycles. The summed E-state index contributed by atoms with van der Waals surface area (Å²) in [6, 6.07) is 12.5. The summed E-state index contributed by atoms with van der Waals surface area (Å²) < 4.78 is 10.6. The lowest BCUT2D eigenvalue weighted by molar-refractivity contribution is 0.0526. The van der Waals surface area contributed by atoms with Crippen molar-refractivity contribution < 1.29 is 13.9 Å². The van der Waals surface area contributed by atoms with Crippen molar-refractivity contribution in [3.05, 3.63) is 53.1 Å². The fourth-order valence-electron chi connectivity index (χ4n) is 2.02. The van der Waals surface area contributed by atoms with Crippen molar-refractivity contribution in [1.82, 2.24) is 4.98 Å². The van der Waals surface area contributed by atoms with Gasteiger partial charge in [-0.2, -0.15) is 0 Å². The SMILES string of the molecule is CCOC(=O)c1ccc(-c2nc3ccccc3o2)cc1Cl. The third kappa shape index (κ3) is 2.62. The highest BCUT2D eigenvalue weighted by Gasteiger charge is 2.14. The van der Waals surface area contributed by atoms with Crippen LogP contribution >= 0.6 is 11.6 Å². The molecule has 0 bridgehead atoms. The second-order valence-corrected chi connectivity index (χ2v) is 4.81. The van der Waals surface area contributed by atoms with Crippen molar-refractivity contribution in [2.45, 2.75) is 6.92 Å². The third-order valence-corrected chi connectivity index (χ3v) is 3.32. The van der Waals surface area contributed by atoms with Crippen molar-refractivity contribution in [1.29, 1.82) is 0 Å². The van der Waals surface area contributed by atoms with Crippen LogP contribution in [0.25, 0.3) is 22.6 Å². The molecule has 0 spiro atoms. The summed E-state index contributed by atoms with van der Waals surface area (Å²) in [5, 5.41) is 0.313. The van der Waals surface area contributed by atoms with E-state index in [-0.39, 0.29) is 0 Å². The zero-order valence-electron chi connectivity index (χ0n) is 11.3. The first-order valence-electron chi connectivity index (χ1n) is 6.51. The lowest BCUT2D eigenvalue weighted by atomic mass is 10.1. The maximum Gasteiger partial charge on any atom is 0.339 e. The van der Waals surface area contributed by atoms with Crippen molar-refractivity contribution in [2.24, 2.45) is 0 Å². The topological polar surface area (TPSA) is 52.3 Å². The minimum absolute atomic E-state index is 0.308. The van der Waals surface area contributed by atoms with Gasteiger partial charge in [0.15, 0.2) is 5.58 Å². The Morgan fingerprint density at radius 3 is 2.81 bits per heavy atom. The number of aromatic nitrogens is 1. The summed E-state index contributed by atoms with van der Waals surface area (Å²) in [7, 11) is 0. The van der Waals surface area contributed by atoms with Gasteiger partial charge in [0.25, 0.3) is 0 Å². The number of rotatable bonds is 3. The average molecular weight is 302 g/mol. The van der Waals surface area contributed by atoms with Gasteiger partial charge < -0.3 is 9.15 Å². The Labute approximate surface area is 126 Å². The van der Waals surface area contributed by atoms with Crippen LogP contribution in [0.1, 0.15) is 17.3 Å². The van der Waals surface area contributed by atoms with Gasteiger partial charge in [0.2, 0.25) is 5.89 Å². The molecule has 0 aliphatic carbocycles. The zero-order chi connectivity index (χ0) is 14.8. The number of esters is 1. The standard InChI is InChI=1S/C16H12ClNO3/c1-2-20-16(19)11-8-7-10(9-12(11)17)15-18-13-5-3-4-6-14(13)21-15/h3-9H,2H2,1H3. The molecule has 0 atom stereocenters. The van der Waals surface area contributed by atoms with E-state index in [9.17, 15) is 4.79 Å². The molecule has 0 radical (unpaired) electrons. The molecule has 0 amide bonds. The largest absolute Gasteiger partial charge is 0.462 e. The molecule has 0 fully saturated rings. The smallest absolute Gasteiger partial charge is 0.339 e. The molecular weight excluding hydrogens is 290 g/mol. The fraction of sp³-hybridized carbons (Fsp3) is 0.125. The molecule has 106 valence electrons. The summed E-state index contributed by atoms with van der Waals surface area (Å²) in [6.45, 7) is 2.06. The zero-order valence-corrected chi connectivity index (χ0v) is 12.1. The van der Waals surface area contributed by atoms with Crippen molar-refractivity contribution in [3.8, 4) is 11.5 Å². The first-order chi connectivity index (χ1) is 10.2. The van der Waals surface area contributed by atoms with E-state index in [2.05, 4.69) is 4.98 Å². The highest BCUT2D eigenvalue weighted by atomic mass is 35.5. The summed E-state index contributed by atoms with van der Waals surface area (Å²) >= 11 is 6.14. The number of hydrogen-bond donors (Lipinski definition) is 0. The third-order valence-electron chi connectivity index (χ3n) is 3.01. The molecule has 0 saturated carbocycles. The van der Waals surface area contributed by atoms with Crippen LogP contribution in [0.3, 0.4) is 0 Å². The lowest BCUT2D eigenvalue weighted by Crippen LogP contribution is -2.05. The molecule has 5 heteroatoms. The average Bonchev–Trinajstić information content (AvgIpc) is 2.91. The normalized spacial score (nSPS) is 10.8. The quantitative estimate of drug-likeness (QED) is 0.676. The van der Waals surface area contributed by atoms with Gasteiger partial charge in [-0.3, -0.25) is 0 Å². The maximum atomic E-state index is 11.7. The highest BCUT2D eigenvalue weighted by molar-refractivity contribution is 6.33. The summed E-state index contributed by atoms with van der Waals surface area (Å²) in [5.74, 6) is 0.0279. The Morgan fingerprint density at radius 1 is 1.29 bits per heavy atom. The van der Waals surface area contributed by atoms with Crippen LogP contribution in [0.5, 0.6) is 0 Å². The number of para-hydroxylation sites is 2. The van der Waals surface area contributed by atoms with Crippen LogP contribution in [-0.4, -0.2) is 17.6 Å². The van der Waals surface area contributed by atoms with Gasteiger partial charge in [-0.05, 0) is 37.3 Å². The predicted octanol–water partition coefficient (Wildman–Crippen LogP) is 4.32. The number of fused-ring (bicyclic) bond motifs is 1. The Kier molecular flexibility index (Phi) is 3.62. The fourth-order valence-corrected chi connectivity index (χ4v) is 2.28. The first-order valence-corrected chi connectivity index (χ1v) is 6.89. The van der Waals surface area contributed by atoms with E-state index in [0.29, 0.717) is 34.2 Å². The van der Waals surface area contributed by atoms with E-state index in [1.54, 1.807) is 25.1 Å². The van der Waals surface area contributed by atoms with Gasteiger partial charge in [-0.15, -0.1) is 0 Å². The molecular formula is C16H12ClNO3. The minimum atomic E-state index is -0.438. The molecule has 2 aromatic carbocycles. The van der Waals surface area contributed by atoms with Gasteiger partial charge in [0.05, 0.1) is 17.2 Å². The summed E-state index contributed by atoms with van der Waals surface area (Å²) in [6.07, 6.45) is 0. The molecule has 0 unspecified atom stereocenters. The van der Waals surface area contributed by atoms with E-state index in [4.69, 9.17) is 20.8 Å². The molecule has 1 heterocycles. The number of ether oxygens (including phenoxy) is 1. The van der Waals surface area contributed by atoms with E-state index in [0.717, 1.165) is 5.52 Å². The van der Waals surface area contributed by atoms with Gasteiger partial charge in [0.1, 0.15) is 5.52 Å². The van der Waals surface area contributed by atoms with Crippen LogP contribution in [0.4, 0.5) is 0 Å². The Bertz CT molecular complexity index is 777. The number of carbonyl (C=O) groups is 1. The van der Waals surface area contributed by atoms with Gasteiger partial charge >= 0.3 is 5.97 Å². The molecule has 4 nitrogen and oxygen atoms in total. The van der Waals surface area contributed by atoms with Crippen molar-refractivity contribution in [2.75, 3.05) is 6.61 Å². The second kappa shape index (κ2) is 5.58. The first kappa shape index (κ1) is 13.6. The Balaban J connectivity index is 1.99. The van der Waals surface area contributed by atoms with E-state index >= 15 is 0 Å². The van der Waals surface area contributed by atoms with Crippen LogP contribution in [0, 0.1) is 0 Å². The molecule has 3 rings (SSSR count). The number of halogens is 1. The van der Waals surface area contributed by atoms with Gasteiger partial charge in [0, 0.05) is 5.56 Å². The van der Waals surface area contributed by atoms with Crippen LogP contribution in [0.15, 0.2) is 46.9 Å². The second-order valence-electron chi connectivity index (χ2n) is 4.40. The molecule has 0 aliphatic rings. The molecule has 0 saturated heterocycles. The van der Waals surface area contributed by atoms with Crippen LogP contribution in [-0.2, 0) is 4.74 Å². The molecule has 3 aromatic rings. The molecule has 21 heavy (non-hydrogen) atoms. The lowest BCUT2D eigenvalue weighted by Gasteiger charge is -2.04. The Hall–Kier alpha value is -2.33. The Morgan fingerprint density at radius 2 is 2.10 bits per heavy atom. The number of carbonyl (C=O) groups excluding carboxylic acids is 1. The van der Waals surface area contributed by atoms with E-state index in [1.807, 2.05) is 24.3 Å². The molecule has 0 aliphatic heterocycles. The number of hydrogen-bond acceptors (Lipinski definition) is 4. The summed E-state index contributed by atoms with van der Waals surface area (Å²) in [4.78, 5) is 16.1. The summed E-state index contributed by atoms with van der Waals surface area (Å²) in [5.41, 5.74) is 2.53. The van der Waals surface area contributed by atoms with Crippen LogP contribution in [0.2, 0.25) is 5.02 Å². The van der Waals surface area contributed by atoms with E-state index in [1.165, 1.54) is 0 Å². The van der Waals surface area contributed by atoms with Crippen LogP contribution < -0.4 is 0 Å². The van der Waals surface area contributed by atoms with Crippen molar-refractivity contribution in [3.63, 3.8) is 0 Å². The number of oxazole rings is 1. The number of benzene rings is 2. The highest BCUT2D eigenvalue weighted by Crippen LogP contribution is 2.28. The predicted molar refractivity (Wildman–Crippen MR) is 80.4 cm³/mol.